The van der Waals surface area contributed by atoms with Crippen molar-refractivity contribution >= 4 is 33.4 Å². The molecule has 2 rings (SSSR count). The van der Waals surface area contributed by atoms with E-state index in [9.17, 15) is 4.79 Å². The van der Waals surface area contributed by atoms with Gasteiger partial charge >= 0.3 is 5.97 Å². The first-order valence-electron chi connectivity index (χ1n) is 6.26. The Morgan fingerprint density at radius 1 is 1.35 bits per heavy atom. The normalized spacial score (nSPS) is 10.2. The molecule has 0 bridgehead atoms. The summed E-state index contributed by atoms with van der Waals surface area (Å²) in [5.74, 6) is 0.320. The summed E-state index contributed by atoms with van der Waals surface area (Å²) in [5.41, 5.74) is 2.53. The summed E-state index contributed by atoms with van der Waals surface area (Å²) in [6.45, 7) is 4.15. The van der Waals surface area contributed by atoms with Crippen LogP contribution in [0.5, 0.6) is 0 Å². The summed E-state index contributed by atoms with van der Waals surface area (Å²) in [7, 11) is 0. The summed E-state index contributed by atoms with van der Waals surface area (Å²) < 4.78 is 5.91. The maximum Gasteiger partial charge on any atom is 0.339 e. The van der Waals surface area contributed by atoms with Crippen molar-refractivity contribution in [2.24, 2.45) is 0 Å². The van der Waals surface area contributed by atoms with E-state index in [1.54, 1.807) is 19.1 Å². The van der Waals surface area contributed by atoms with Crippen LogP contribution in [0.3, 0.4) is 0 Å². The van der Waals surface area contributed by atoms with Gasteiger partial charge in [-0.05, 0) is 49.7 Å². The van der Waals surface area contributed by atoms with Crippen molar-refractivity contribution in [1.82, 2.24) is 4.98 Å². The number of anilines is 2. The number of nitrogens with one attached hydrogen (secondary N) is 1. The molecular weight excluding hydrogens is 320 g/mol. The Labute approximate surface area is 126 Å². The molecule has 0 atom stereocenters. The van der Waals surface area contributed by atoms with Crippen molar-refractivity contribution in [3.05, 3.63) is 52.1 Å². The summed E-state index contributed by atoms with van der Waals surface area (Å²) in [6.07, 6.45) is 1.51. The topological polar surface area (TPSA) is 51.2 Å². The standard InChI is InChI=1S/C15H15BrN2O2/c1-3-20-15(19)11-4-5-14(17-9-11)18-13-7-10(2)6-12(16)8-13/h4-9H,3H2,1-2H3,(H,17,18). The van der Waals surface area contributed by atoms with Gasteiger partial charge in [0.15, 0.2) is 0 Å². The minimum Gasteiger partial charge on any atom is -0.462 e. The zero-order chi connectivity index (χ0) is 14.5. The molecule has 0 saturated heterocycles. The molecule has 2 aromatic rings. The molecule has 0 fully saturated rings. The van der Waals surface area contributed by atoms with Gasteiger partial charge in [0.25, 0.3) is 0 Å². The second kappa shape index (κ2) is 6.52. The van der Waals surface area contributed by atoms with Gasteiger partial charge in [-0.3, -0.25) is 0 Å². The third-order valence-corrected chi connectivity index (χ3v) is 3.05. The number of halogens is 1. The molecule has 0 aliphatic rings. The Morgan fingerprint density at radius 2 is 2.15 bits per heavy atom. The van der Waals surface area contributed by atoms with E-state index >= 15 is 0 Å². The molecule has 1 N–H and O–H groups in total. The maximum absolute atomic E-state index is 11.5. The van der Waals surface area contributed by atoms with Crippen molar-refractivity contribution in [2.75, 3.05) is 11.9 Å². The van der Waals surface area contributed by atoms with Crippen LogP contribution in [0.25, 0.3) is 0 Å². The highest BCUT2D eigenvalue weighted by molar-refractivity contribution is 9.10. The summed E-state index contributed by atoms with van der Waals surface area (Å²) >= 11 is 3.45. The average Bonchev–Trinajstić information content (AvgIpc) is 2.38. The molecule has 4 nitrogen and oxygen atoms in total. The molecule has 0 spiro atoms. The van der Waals surface area contributed by atoms with Gasteiger partial charge < -0.3 is 10.1 Å². The lowest BCUT2D eigenvalue weighted by molar-refractivity contribution is 0.0526. The van der Waals surface area contributed by atoms with Crippen molar-refractivity contribution < 1.29 is 9.53 Å². The highest BCUT2D eigenvalue weighted by atomic mass is 79.9. The molecule has 1 aromatic carbocycles. The Kier molecular flexibility index (Phi) is 4.74. The van der Waals surface area contributed by atoms with E-state index in [1.165, 1.54) is 6.20 Å². The number of carbonyl (C=O) groups is 1. The summed E-state index contributed by atoms with van der Waals surface area (Å²) in [4.78, 5) is 15.7. The quantitative estimate of drug-likeness (QED) is 0.856. The molecule has 20 heavy (non-hydrogen) atoms. The number of hydrogen-bond donors (Lipinski definition) is 1. The number of ether oxygens (including phenoxy) is 1. The fourth-order valence-electron chi connectivity index (χ4n) is 1.76. The molecule has 0 aliphatic heterocycles. The highest BCUT2D eigenvalue weighted by Gasteiger charge is 2.06. The van der Waals surface area contributed by atoms with Crippen LogP contribution in [0.4, 0.5) is 11.5 Å². The van der Waals surface area contributed by atoms with Crippen LogP contribution in [-0.4, -0.2) is 17.6 Å². The van der Waals surface area contributed by atoms with Crippen LogP contribution in [0.15, 0.2) is 41.0 Å². The molecule has 5 heteroatoms. The predicted molar refractivity (Wildman–Crippen MR) is 82.4 cm³/mol. The first kappa shape index (κ1) is 14.5. The second-order valence-corrected chi connectivity index (χ2v) is 5.21. The Morgan fingerprint density at radius 3 is 2.75 bits per heavy atom. The van der Waals surface area contributed by atoms with Crippen molar-refractivity contribution in [2.45, 2.75) is 13.8 Å². The highest BCUT2D eigenvalue weighted by Crippen LogP contribution is 2.22. The van der Waals surface area contributed by atoms with Crippen LogP contribution < -0.4 is 5.32 Å². The van der Waals surface area contributed by atoms with Gasteiger partial charge in [-0.15, -0.1) is 0 Å². The molecule has 0 saturated carbocycles. The number of hydrogen-bond acceptors (Lipinski definition) is 4. The van der Waals surface area contributed by atoms with Crippen LogP contribution in [-0.2, 0) is 4.74 Å². The minimum atomic E-state index is -0.357. The van der Waals surface area contributed by atoms with E-state index in [4.69, 9.17) is 4.74 Å². The molecule has 0 aliphatic carbocycles. The summed E-state index contributed by atoms with van der Waals surface area (Å²) in [5, 5.41) is 3.19. The van der Waals surface area contributed by atoms with Crippen LogP contribution in [0.2, 0.25) is 0 Å². The van der Waals surface area contributed by atoms with E-state index in [0.29, 0.717) is 18.0 Å². The Bertz CT molecular complexity index is 592. The van der Waals surface area contributed by atoms with E-state index < -0.39 is 0 Å². The lowest BCUT2D eigenvalue weighted by atomic mass is 10.2. The molecule has 0 radical (unpaired) electrons. The van der Waals surface area contributed by atoms with Gasteiger partial charge in [-0.25, -0.2) is 9.78 Å². The lowest BCUT2D eigenvalue weighted by Crippen LogP contribution is -2.05. The van der Waals surface area contributed by atoms with Gasteiger partial charge in [0.1, 0.15) is 5.82 Å². The van der Waals surface area contributed by atoms with E-state index in [2.05, 4.69) is 26.2 Å². The molecule has 104 valence electrons. The summed E-state index contributed by atoms with van der Waals surface area (Å²) in [6, 6.07) is 9.46. The Hall–Kier alpha value is -1.88. The minimum absolute atomic E-state index is 0.357. The number of aromatic nitrogens is 1. The maximum atomic E-state index is 11.5. The number of esters is 1. The number of aryl methyl sites for hydroxylation is 1. The SMILES string of the molecule is CCOC(=O)c1ccc(Nc2cc(C)cc(Br)c2)nc1. The molecule has 0 amide bonds. The van der Waals surface area contributed by atoms with Gasteiger partial charge in [-0.1, -0.05) is 15.9 Å². The number of rotatable bonds is 4. The monoisotopic (exact) mass is 334 g/mol. The van der Waals surface area contributed by atoms with Gasteiger partial charge in [0.05, 0.1) is 12.2 Å². The number of nitrogens with zero attached hydrogens (tertiary/aromatic N) is 1. The van der Waals surface area contributed by atoms with Gasteiger partial charge in [-0.2, -0.15) is 0 Å². The smallest absolute Gasteiger partial charge is 0.339 e. The average molecular weight is 335 g/mol. The fourth-order valence-corrected chi connectivity index (χ4v) is 2.37. The number of carbonyl (C=O) groups excluding carboxylic acids is 1. The third kappa shape index (κ3) is 3.81. The zero-order valence-electron chi connectivity index (χ0n) is 11.3. The van der Waals surface area contributed by atoms with E-state index in [0.717, 1.165) is 15.7 Å². The fraction of sp³-hybridized carbons (Fsp3) is 0.200. The largest absolute Gasteiger partial charge is 0.462 e. The zero-order valence-corrected chi connectivity index (χ0v) is 12.9. The molecule has 1 aromatic heterocycles. The van der Waals surface area contributed by atoms with E-state index in [-0.39, 0.29) is 5.97 Å². The first-order chi connectivity index (χ1) is 9.58. The predicted octanol–water partition coefficient (Wildman–Crippen LogP) is 4.07. The van der Waals surface area contributed by atoms with Gasteiger partial charge in [0.2, 0.25) is 0 Å². The number of benzene rings is 1. The van der Waals surface area contributed by atoms with Crippen LogP contribution in [0, 0.1) is 6.92 Å². The molecule has 1 heterocycles. The third-order valence-electron chi connectivity index (χ3n) is 2.59. The molecular formula is C15H15BrN2O2. The lowest BCUT2D eigenvalue weighted by Gasteiger charge is -2.08. The second-order valence-electron chi connectivity index (χ2n) is 4.29. The van der Waals surface area contributed by atoms with E-state index in [1.807, 2.05) is 25.1 Å². The van der Waals surface area contributed by atoms with Gasteiger partial charge in [0, 0.05) is 16.4 Å². The van der Waals surface area contributed by atoms with Crippen LogP contribution >= 0.6 is 15.9 Å². The van der Waals surface area contributed by atoms with Crippen molar-refractivity contribution in [3.8, 4) is 0 Å². The van der Waals surface area contributed by atoms with Crippen LogP contribution in [0.1, 0.15) is 22.8 Å². The first-order valence-corrected chi connectivity index (χ1v) is 7.05. The van der Waals surface area contributed by atoms with Crippen molar-refractivity contribution in [1.29, 1.82) is 0 Å². The van der Waals surface area contributed by atoms with Crippen molar-refractivity contribution in [3.63, 3.8) is 0 Å². The Balaban J connectivity index is 2.12. The molecule has 0 unspecified atom stereocenters. The number of pyridine rings is 1.